The molecule has 0 amide bonds. The first-order valence-electron chi connectivity index (χ1n) is 37.9. The average Bonchev–Trinajstić information content (AvgIpc) is 3.45. The lowest BCUT2D eigenvalue weighted by Crippen LogP contribution is -2.40. The van der Waals surface area contributed by atoms with Crippen LogP contribution >= 0.6 is 0 Å². The summed E-state index contributed by atoms with van der Waals surface area (Å²) in [7, 11) is 0. The molecule has 0 aromatic carbocycles. The van der Waals surface area contributed by atoms with Crippen LogP contribution in [0.2, 0.25) is 0 Å². The molecule has 0 heterocycles. The smallest absolute Gasteiger partial charge is 0.0625 e. The van der Waals surface area contributed by atoms with Gasteiger partial charge in [0.15, 0.2) is 0 Å². The van der Waals surface area contributed by atoms with Crippen LogP contribution in [0.1, 0.15) is 458 Å². The van der Waals surface area contributed by atoms with E-state index in [1.165, 1.54) is 424 Å². The van der Waals surface area contributed by atoms with Crippen molar-refractivity contribution in [2.45, 2.75) is 464 Å². The molecule has 0 N–H and O–H groups in total. The van der Waals surface area contributed by atoms with Gasteiger partial charge in [-0.3, -0.25) is 0 Å². The molecule has 0 radical (unpaired) electrons. The molecule has 78 heavy (non-hydrogen) atoms. The molecule has 0 saturated carbocycles. The van der Waals surface area contributed by atoms with Crippen LogP contribution in [0.25, 0.3) is 0 Å². The Bertz CT molecular complexity index is 987. The number of hydrogen-bond acceptors (Lipinski definition) is 2. The molecule has 0 fully saturated rings. The molecule has 470 valence electrons. The Hall–Kier alpha value is -0.0800. The Morgan fingerprint density at radius 1 is 0.205 bits per heavy atom. The molecule has 0 aromatic heterocycles. The van der Waals surface area contributed by atoms with Gasteiger partial charge in [0.05, 0.1) is 12.7 Å². The van der Waals surface area contributed by atoms with E-state index in [9.17, 15) is 0 Å². The maximum atomic E-state index is 6.99. The van der Waals surface area contributed by atoms with Crippen LogP contribution < -0.4 is 0 Å². The van der Waals surface area contributed by atoms with Gasteiger partial charge >= 0.3 is 0 Å². The van der Waals surface area contributed by atoms with Gasteiger partial charge in [-0.2, -0.15) is 0 Å². The van der Waals surface area contributed by atoms with Crippen molar-refractivity contribution in [1.29, 1.82) is 0 Å². The van der Waals surface area contributed by atoms with Crippen molar-refractivity contribution in [1.82, 2.24) is 0 Å². The van der Waals surface area contributed by atoms with Crippen LogP contribution in [0.3, 0.4) is 0 Å². The summed E-state index contributed by atoms with van der Waals surface area (Å²) in [6, 6.07) is 0. The Morgan fingerprint density at radius 3 is 0.577 bits per heavy atom. The van der Waals surface area contributed by atoms with Gasteiger partial charge in [0.25, 0.3) is 0 Å². The first kappa shape index (κ1) is 77.9. The quantitative estimate of drug-likeness (QED) is 0.0565. The number of rotatable bonds is 72. The Kier molecular flexibility index (Phi) is 69.3. The van der Waals surface area contributed by atoms with E-state index in [4.69, 9.17) is 9.47 Å². The SMILES string of the molecule is CCCCCCCCCCCCCCCCCCOCC(CCCCCCCCCCCCCCCCCC)(CCCCCCCCCCCCCCCCCC)C(C)OCCCCCCCCCCCCCCCCCC. The van der Waals surface area contributed by atoms with Crippen molar-refractivity contribution in [3.63, 3.8) is 0 Å². The molecule has 0 aliphatic carbocycles. The number of ether oxygens (including phenoxy) is 2. The maximum absolute atomic E-state index is 6.99. The van der Waals surface area contributed by atoms with Gasteiger partial charge < -0.3 is 9.47 Å². The molecule has 0 spiro atoms. The van der Waals surface area contributed by atoms with Crippen LogP contribution in [0, 0.1) is 5.41 Å². The highest BCUT2D eigenvalue weighted by Gasteiger charge is 2.36. The van der Waals surface area contributed by atoms with Gasteiger partial charge in [-0.05, 0) is 32.6 Å². The highest BCUT2D eigenvalue weighted by Crippen LogP contribution is 2.38. The van der Waals surface area contributed by atoms with Gasteiger partial charge in [0.1, 0.15) is 0 Å². The van der Waals surface area contributed by atoms with Crippen LogP contribution in [0.4, 0.5) is 0 Å². The summed E-state index contributed by atoms with van der Waals surface area (Å²) in [5, 5.41) is 0. The third-order valence-electron chi connectivity index (χ3n) is 18.8. The standard InChI is InChI=1S/C76H154O2/c1-6-10-14-18-22-26-30-34-38-42-46-50-54-58-62-66-70-76(71-67-63-59-55-51-47-43-39-35-31-27-23-19-15-11-7-2,74-77-72-68-64-60-56-52-48-44-40-36-32-28-24-20-16-12-8-3)75(5)78-73-69-65-61-57-53-49-45-41-37-33-29-25-21-17-13-9-4/h75H,6-74H2,1-5H3. The largest absolute Gasteiger partial charge is 0.381 e. The summed E-state index contributed by atoms with van der Waals surface area (Å²) < 4.78 is 13.8. The second kappa shape index (κ2) is 69.4. The predicted molar refractivity (Wildman–Crippen MR) is 356 cm³/mol. The highest BCUT2D eigenvalue weighted by atomic mass is 16.5. The monoisotopic (exact) mass is 1100 g/mol. The zero-order chi connectivity index (χ0) is 56.3. The summed E-state index contributed by atoms with van der Waals surface area (Å²) in [6.07, 6.45) is 94.5. The lowest BCUT2D eigenvalue weighted by molar-refractivity contribution is -0.0857. The first-order chi connectivity index (χ1) is 38.7. The highest BCUT2D eigenvalue weighted by molar-refractivity contribution is 4.86. The molecule has 0 aromatic rings. The van der Waals surface area contributed by atoms with Crippen LogP contribution in [-0.2, 0) is 9.47 Å². The fourth-order valence-electron chi connectivity index (χ4n) is 13.0. The molecule has 1 atom stereocenters. The van der Waals surface area contributed by atoms with Crippen LogP contribution in [-0.4, -0.2) is 25.9 Å². The Morgan fingerprint density at radius 2 is 0.372 bits per heavy atom. The minimum atomic E-state index is 0.163. The molecule has 0 saturated heterocycles. The Labute approximate surface area is 496 Å². The van der Waals surface area contributed by atoms with Crippen molar-refractivity contribution >= 4 is 0 Å². The lowest BCUT2D eigenvalue weighted by atomic mass is 9.74. The first-order valence-corrected chi connectivity index (χ1v) is 37.9. The molecular formula is C76H154O2. The van der Waals surface area contributed by atoms with Gasteiger partial charge in [0, 0.05) is 18.6 Å². The predicted octanol–water partition coefficient (Wildman–Crippen LogP) is 28.2. The van der Waals surface area contributed by atoms with Crippen molar-refractivity contribution in [3.8, 4) is 0 Å². The minimum absolute atomic E-state index is 0.163. The van der Waals surface area contributed by atoms with E-state index in [1.807, 2.05) is 0 Å². The van der Waals surface area contributed by atoms with Crippen molar-refractivity contribution < 1.29 is 9.47 Å². The normalized spacial score (nSPS) is 12.4. The van der Waals surface area contributed by atoms with E-state index in [-0.39, 0.29) is 11.5 Å². The molecule has 0 aliphatic rings. The summed E-state index contributed by atoms with van der Waals surface area (Å²) in [5.41, 5.74) is 0.163. The third-order valence-corrected chi connectivity index (χ3v) is 18.8. The molecule has 2 heteroatoms. The second-order valence-electron chi connectivity index (χ2n) is 26.6. The van der Waals surface area contributed by atoms with E-state index in [1.54, 1.807) is 0 Å². The topological polar surface area (TPSA) is 18.5 Å². The summed E-state index contributed by atoms with van der Waals surface area (Å²) in [5.74, 6) is 0. The summed E-state index contributed by atoms with van der Waals surface area (Å²) >= 11 is 0. The number of unbranched alkanes of at least 4 members (excludes halogenated alkanes) is 60. The van der Waals surface area contributed by atoms with Gasteiger partial charge in [-0.25, -0.2) is 0 Å². The van der Waals surface area contributed by atoms with Crippen molar-refractivity contribution in [3.05, 3.63) is 0 Å². The van der Waals surface area contributed by atoms with E-state index >= 15 is 0 Å². The fourth-order valence-corrected chi connectivity index (χ4v) is 13.0. The van der Waals surface area contributed by atoms with E-state index < -0.39 is 0 Å². The average molecular weight is 1100 g/mol. The zero-order valence-electron chi connectivity index (χ0n) is 55.7. The summed E-state index contributed by atoms with van der Waals surface area (Å²) in [4.78, 5) is 0. The molecule has 0 rings (SSSR count). The lowest BCUT2D eigenvalue weighted by Gasteiger charge is -2.39. The van der Waals surface area contributed by atoms with Gasteiger partial charge in [0.2, 0.25) is 0 Å². The molecular weight excluding hydrogens is 945 g/mol. The zero-order valence-corrected chi connectivity index (χ0v) is 55.7. The van der Waals surface area contributed by atoms with Gasteiger partial charge in [-0.1, -0.05) is 426 Å². The van der Waals surface area contributed by atoms with E-state index in [2.05, 4.69) is 34.6 Å². The van der Waals surface area contributed by atoms with Crippen LogP contribution in [0.5, 0.6) is 0 Å². The maximum Gasteiger partial charge on any atom is 0.0625 e. The van der Waals surface area contributed by atoms with E-state index in [0.29, 0.717) is 0 Å². The molecule has 1 unspecified atom stereocenters. The van der Waals surface area contributed by atoms with Gasteiger partial charge in [-0.15, -0.1) is 0 Å². The van der Waals surface area contributed by atoms with E-state index in [0.717, 1.165) is 19.8 Å². The Balaban J connectivity index is 5.08. The fraction of sp³-hybridized carbons (Fsp3) is 1.00. The summed E-state index contributed by atoms with van der Waals surface area (Å²) in [6.45, 7) is 14.6. The second-order valence-corrected chi connectivity index (χ2v) is 26.6. The van der Waals surface area contributed by atoms with Crippen molar-refractivity contribution in [2.24, 2.45) is 5.41 Å². The molecule has 0 aliphatic heterocycles. The minimum Gasteiger partial charge on any atom is -0.381 e. The molecule has 0 bridgehead atoms. The third kappa shape index (κ3) is 60.5. The molecule has 2 nitrogen and oxygen atoms in total. The number of hydrogen-bond donors (Lipinski definition) is 0. The van der Waals surface area contributed by atoms with Crippen molar-refractivity contribution in [2.75, 3.05) is 19.8 Å². The van der Waals surface area contributed by atoms with Crippen LogP contribution in [0.15, 0.2) is 0 Å².